The van der Waals surface area contributed by atoms with E-state index in [0.29, 0.717) is 18.0 Å². The van der Waals surface area contributed by atoms with Crippen LogP contribution in [-0.4, -0.2) is 32.4 Å². The fourth-order valence-electron chi connectivity index (χ4n) is 3.57. The highest BCUT2D eigenvalue weighted by atomic mass is 32.1. The Kier molecular flexibility index (Phi) is 5.97. The van der Waals surface area contributed by atoms with Crippen molar-refractivity contribution in [2.75, 3.05) is 13.2 Å². The van der Waals surface area contributed by atoms with E-state index in [2.05, 4.69) is 36.1 Å². The molecule has 0 saturated carbocycles. The summed E-state index contributed by atoms with van der Waals surface area (Å²) in [6.45, 7) is 5.07. The van der Waals surface area contributed by atoms with Crippen LogP contribution in [0.15, 0.2) is 54.6 Å². The number of aromatic nitrogens is 3. The highest BCUT2D eigenvalue weighted by molar-refractivity contribution is 7.71. The summed E-state index contributed by atoms with van der Waals surface area (Å²) >= 11 is 5.67. The van der Waals surface area contributed by atoms with Gasteiger partial charge in [-0.25, -0.2) is 4.68 Å². The molecule has 2 aromatic carbocycles. The summed E-state index contributed by atoms with van der Waals surface area (Å²) in [7, 11) is 1.94. The second-order valence-corrected chi connectivity index (χ2v) is 7.61. The first-order chi connectivity index (χ1) is 14.2. The minimum absolute atomic E-state index is 0.286. The van der Waals surface area contributed by atoms with Crippen LogP contribution >= 0.6 is 12.2 Å². The van der Waals surface area contributed by atoms with Gasteiger partial charge in [-0.2, -0.15) is 5.10 Å². The molecular formula is C22H26N4O2S. The molecule has 4 rings (SSSR count). The molecule has 1 aliphatic rings. The summed E-state index contributed by atoms with van der Waals surface area (Å²) in [5.74, 6) is 2.28. The molecule has 29 heavy (non-hydrogen) atoms. The lowest BCUT2D eigenvalue weighted by Crippen LogP contribution is -2.28. The first kappa shape index (κ1) is 19.7. The van der Waals surface area contributed by atoms with Crippen molar-refractivity contribution >= 4 is 12.2 Å². The van der Waals surface area contributed by atoms with Crippen LogP contribution in [0.4, 0.5) is 0 Å². The molecule has 0 saturated heterocycles. The number of fused-ring (bicyclic) bond motifs is 1. The van der Waals surface area contributed by atoms with Gasteiger partial charge in [0.2, 0.25) is 0 Å². The Morgan fingerprint density at radius 3 is 2.59 bits per heavy atom. The number of hydrogen-bond acceptors (Lipinski definition) is 5. The van der Waals surface area contributed by atoms with E-state index in [9.17, 15) is 0 Å². The zero-order valence-corrected chi connectivity index (χ0v) is 17.6. The van der Waals surface area contributed by atoms with Gasteiger partial charge in [0, 0.05) is 13.6 Å². The van der Waals surface area contributed by atoms with E-state index in [4.69, 9.17) is 26.8 Å². The maximum atomic E-state index is 6.13. The third kappa shape index (κ3) is 4.36. The normalized spacial score (nSPS) is 15.6. The Labute approximate surface area is 176 Å². The summed E-state index contributed by atoms with van der Waals surface area (Å²) in [4.78, 5) is 2.36. The Morgan fingerprint density at radius 2 is 1.83 bits per heavy atom. The Bertz CT molecular complexity index is 1020. The van der Waals surface area contributed by atoms with Crippen molar-refractivity contribution in [3.05, 3.63) is 70.8 Å². The van der Waals surface area contributed by atoms with Gasteiger partial charge < -0.3 is 14.0 Å². The van der Waals surface area contributed by atoms with Crippen molar-refractivity contribution in [1.82, 2.24) is 19.2 Å². The minimum atomic E-state index is -0.286. The van der Waals surface area contributed by atoms with Gasteiger partial charge in [-0.15, -0.1) is 0 Å². The standard InChI is InChI=1S/C22H26N4O2S/c1-3-13-25(14-17-9-5-4-6-10-17)16-26-22(29)24(2)21(23-26)20-15-27-18-11-7-8-12-19(18)28-20/h4-12,20H,3,13-16H2,1-2H3. The van der Waals surface area contributed by atoms with E-state index >= 15 is 0 Å². The molecule has 0 radical (unpaired) electrons. The predicted octanol–water partition coefficient (Wildman–Crippen LogP) is 4.33. The van der Waals surface area contributed by atoms with Crippen LogP contribution in [0.1, 0.15) is 30.8 Å². The van der Waals surface area contributed by atoms with Gasteiger partial charge in [-0.3, -0.25) is 4.90 Å². The molecular weight excluding hydrogens is 384 g/mol. The molecule has 2 heterocycles. The number of benzene rings is 2. The highest BCUT2D eigenvalue weighted by Gasteiger charge is 2.27. The van der Waals surface area contributed by atoms with E-state index < -0.39 is 0 Å². The van der Waals surface area contributed by atoms with Crippen molar-refractivity contribution in [3.63, 3.8) is 0 Å². The Morgan fingerprint density at radius 1 is 1.10 bits per heavy atom. The molecule has 1 aliphatic heterocycles. The van der Waals surface area contributed by atoms with E-state index in [1.165, 1.54) is 5.56 Å². The minimum Gasteiger partial charge on any atom is -0.485 e. The summed E-state index contributed by atoms with van der Waals surface area (Å²) in [6, 6.07) is 18.2. The van der Waals surface area contributed by atoms with Crippen LogP contribution in [0.25, 0.3) is 0 Å². The maximum Gasteiger partial charge on any atom is 0.198 e. The zero-order valence-electron chi connectivity index (χ0n) is 16.8. The van der Waals surface area contributed by atoms with Crippen LogP contribution in [0.2, 0.25) is 0 Å². The van der Waals surface area contributed by atoms with E-state index in [0.717, 1.165) is 36.8 Å². The molecule has 0 aliphatic carbocycles. The number of ether oxygens (including phenoxy) is 2. The first-order valence-corrected chi connectivity index (χ1v) is 10.3. The number of hydrogen-bond donors (Lipinski definition) is 0. The molecule has 0 bridgehead atoms. The van der Waals surface area contributed by atoms with E-state index in [1.807, 2.05) is 46.6 Å². The van der Waals surface area contributed by atoms with Crippen LogP contribution in [0.3, 0.4) is 0 Å². The maximum absolute atomic E-state index is 6.13. The highest BCUT2D eigenvalue weighted by Crippen LogP contribution is 2.35. The van der Waals surface area contributed by atoms with Gasteiger partial charge >= 0.3 is 0 Å². The van der Waals surface area contributed by atoms with Crippen LogP contribution < -0.4 is 9.47 Å². The van der Waals surface area contributed by atoms with Gasteiger partial charge in [-0.1, -0.05) is 49.4 Å². The van der Waals surface area contributed by atoms with Crippen molar-refractivity contribution < 1.29 is 9.47 Å². The van der Waals surface area contributed by atoms with Crippen molar-refractivity contribution in [3.8, 4) is 11.5 Å². The number of nitrogens with zero attached hydrogens (tertiary/aromatic N) is 4. The summed E-state index contributed by atoms with van der Waals surface area (Å²) in [5, 5.41) is 4.80. The van der Waals surface area contributed by atoms with Gasteiger partial charge in [-0.05, 0) is 42.9 Å². The quantitative estimate of drug-likeness (QED) is 0.543. The molecule has 0 fully saturated rings. The second-order valence-electron chi connectivity index (χ2n) is 7.24. The SMILES string of the molecule is CCCN(Cc1ccccc1)Cn1nc(C2COc3ccccc3O2)n(C)c1=S. The molecule has 0 amide bonds. The lowest BCUT2D eigenvalue weighted by atomic mass is 10.2. The topological polar surface area (TPSA) is 44.5 Å². The average molecular weight is 411 g/mol. The monoisotopic (exact) mass is 410 g/mol. The van der Waals surface area contributed by atoms with Crippen molar-refractivity contribution in [2.24, 2.45) is 7.05 Å². The van der Waals surface area contributed by atoms with Crippen LogP contribution in [0, 0.1) is 4.77 Å². The molecule has 1 atom stereocenters. The first-order valence-electron chi connectivity index (χ1n) is 9.94. The molecule has 1 unspecified atom stereocenters. The zero-order chi connectivity index (χ0) is 20.2. The van der Waals surface area contributed by atoms with Crippen molar-refractivity contribution in [2.45, 2.75) is 32.7 Å². The fourth-order valence-corrected chi connectivity index (χ4v) is 3.76. The van der Waals surface area contributed by atoms with Gasteiger partial charge in [0.05, 0.1) is 6.67 Å². The molecule has 0 N–H and O–H groups in total. The number of rotatable bonds is 7. The predicted molar refractivity (Wildman–Crippen MR) is 114 cm³/mol. The van der Waals surface area contributed by atoms with E-state index in [1.54, 1.807) is 0 Å². The fraction of sp³-hybridized carbons (Fsp3) is 0.364. The van der Waals surface area contributed by atoms with Crippen LogP contribution in [0.5, 0.6) is 11.5 Å². The molecule has 1 aromatic heterocycles. The van der Waals surface area contributed by atoms with Gasteiger partial charge in [0.15, 0.2) is 28.2 Å². The average Bonchev–Trinajstić information content (AvgIpc) is 3.03. The van der Waals surface area contributed by atoms with E-state index in [-0.39, 0.29) is 6.10 Å². The van der Waals surface area contributed by atoms with Gasteiger partial charge in [0.1, 0.15) is 6.61 Å². The number of para-hydroxylation sites is 2. The largest absolute Gasteiger partial charge is 0.485 e. The Hall–Kier alpha value is -2.64. The lowest BCUT2D eigenvalue weighted by molar-refractivity contribution is 0.0820. The third-order valence-electron chi connectivity index (χ3n) is 4.99. The Balaban J connectivity index is 1.54. The van der Waals surface area contributed by atoms with Crippen molar-refractivity contribution in [1.29, 1.82) is 0 Å². The molecule has 0 spiro atoms. The van der Waals surface area contributed by atoms with Gasteiger partial charge in [0.25, 0.3) is 0 Å². The second kappa shape index (κ2) is 8.80. The summed E-state index contributed by atoms with van der Waals surface area (Å²) < 4.78 is 16.5. The summed E-state index contributed by atoms with van der Waals surface area (Å²) in [6.07, 6.45) is 0.780. The molecule has 7 heteroatoms. The molecule has 152 valence electrons. The smallest absolute Gasteiger partial charge is 0.198 e. The molecule has 3 aromatic rings. The lowest BCUT2D eigenvalue weighted by Gasteiger charge is -2.25. The third-order valence-corrected chi connectivity index (χ3v) is 5.48. The summed E-state index contributed by atoms with van der Waals surface area (Å²) in [5.41, 5.74) is 1.28. The van der Waals surface area contributed by atoms with Crippen LogP contribution in [-0.2, 0) is 20.3 Å². The molecule has 6 nitrogen and oxygen atoms in total.